The van der Waals surface area contributed by atoms with Crippen LogP contribution in [0.5, 0.6) is 0 Å². The third-order valence-electron chi connectivity index (χ3n) is 2.68. The van der Waals surface area contributed by atoms with E-state index in [1.807, 2.05) is 0 Å². The summed E-state index contributed by atoms with van der Waals surface area (Å²) in [5.74, 6) is 2.82. The summed E-state index contributed by atoms with van der Waals surface area (Å²) >= 11 is 0. The maximum atomic E-state index is 3.59. The van der Waals surface area contributed by atoms with E-state index in [1.165, 1.54) is 18.9 Å². The second kappa shape index (κ2) is 1.98. The predicted octanol–water partition coefficient (Wildman–Crippen LogP) is 1.79. The van der Waals surface area contributed by atoms with Gasteiger partial charge in [-0.2, -0.15) is 0 Å². The Bertz CT molecular complexity index is 140. The molecule has 1 fully saturated rings. The van der Waals surface area contributed by atoms with E-state index in [0.29, 0.717) is 0 Å². The Balaban J connectivity index is 2.10. The number of rotatable bonds is 1. The zero-order valence-corrected chi connectivity index (χ0v) is 6.51. The Kier molecular flexibility index (Phi) is 1.26. The highest BCUT2D eigenvalue weighted by Crippen LogP contribution is 2.44. The minimum atomic E-state index is 0.924. The lowest BCUT2D eigenvalue weighted by Crippen LogP contribution is -2.04. The fourth-order valence-corrected chi connectivity index (χ4v) is 2.60. The van der Waals surface area contributed by atoms with E-state index >= 15 is 0 Å². The molecule has 0 aromatic heterocycles. The van der Waals surface area contributed by atoms with Crippen molar-refractivity contribution in [2.24, 2.45) is 17.8 Å². The summed E-state index contributed by atoms with van der Waals surface area (Å²) in [4.78, 5) is 0. The number of allylic oxidation sites excluding steroid dienone is 2. The predicted molar refractivity (Wildman–Crippen MR) is 39.4 cm³/mol. The SMILES string of the molecule is [Si]CC1CC2C=CC1C2. The second-order valence-electron chi connectivity index (χ2n) is 3.24. The first kappa shape index (κ1) is 5.72. The number of hydrogen-bond acceptors (Lipinski definition) is 0. The largest absolute Gasteiger partial charge is 0.0851 e. The normalized spacial score (nSPS) is 46.6. The van der Waals surface area contributed by atoms with Gasteiger partial charge in [0.15, 0.2) is 0 Å². The van der Waals surface area contributed by atoms with Gasteiger partial charge in [-0.05, 0) is 30.6 Å². The summed E-state index contributed by atoms with van der Waals surface area (Å²) in [6, 6.07) is 1.20. The molecule has 0 heterocycles. The first-order valence-electron chi connectivity index (χ1n) is 3.73. The molecule has 0 aromatic rings. The topological polar surface area (TPSA) is 0 Å². The molecular formula is C8H11Si. The summed E-state index contributed by atoms with van der Waals surface area (Å²) in [6.07, 6.45) is 7.67. The van der Waals surface area contributed by atoms with E-state index in [-0.39, 0.29) is 0 Å². The summed E-state index contributed by atoms with van der Waals surface area (Å²) in [6.45, 7) is 0. The van der Waals surface area contributed by atoms with E-state index in [1.54, 1.807) is 0 Å². The van der Waals surface area contributed by atoms with Gasteiger partial charge in [-0.25, -0.2) is 0 Å². The molecule has 1 heteroatoms. The highest BCUT2D eigenvalue weighted by atomic mass is 28.1. The average molecular weight is 135 g/mol. The van der Waals surface area contributed by atoms with Gasteiger partial charge in [0.05, 0.1) is 0 Å². The molecule has 2 bridgehead atoms. The van der Waals surface area contributed by atoms with E-state index in [4.69, 9.17) is 0 Å². The van der Waals surface area contributed by atoms with Gasteiger partial charge in [0.2, 0.25) is 0 Å². The molecule has 9 heavy (non-hydrogen) atoms. The standard InChI is InChI=1S/C8H11Si/c9-5-8-4-6-1-2-7(8)3-6/h1-2,6-8H,3-5H2. The van der Waals surface area contributed by atoms with Crippen LogP contribution in [0.25, 0.3) is 0 Å². The van der Waals surface area contributed by atoms with Crippen molar-refractivity contribution >= 4 is 10.2 Å². The van der Waals surface area contributed by atoms with Gasteiger partial charge in [0.1, 0.15) is 0 Å². The van der Waals surface area contributed by atoms with Crippen molar-refractivity contribution < 1.29 is 0 Å². The highest BCUT2D eigenvalue weighted by molar-refractivity contribution is 6.08. The molecular weight excluding hydrogens is 124 g/mol. The molecule has 3 atom stereocenters. The molecule has 0 nitrogen and oxygen atoms in total. The Morgan fingerprint density at radius 1 is 1.33 bits per heavy atom. The molecule has 2 aliphatic rings. The van der Waals surface area contributed by atoms with Crippen molar-refractivity contribution in [1.29, 1.82) is 0 Å². The third-order valence-corrected chi connectivity index (χ3v) is 3.20. The maximum absolute atomic E-state index is 3.59. The van der Waals surface area contributed by atoms with Crippen LogP contribution in [-0.2, 0) is 0 Å². The van der Waals surface area contributed by atoms with Crippen molar-refractivity contribution in [2.45, 2.75) is 18.9 Å². The van der Waals surface area contributed by atoms with Crippen LogP contribution in [0.1, 0.15) is 12.8 Å². The minimum Gasteiger partial charge on any atom is -0.0851 e. The fourth-order valence-electron chi connectivity index (χ4n) is 2.13. The molecule has 0 saturated heterocycles. The molecule has 0 aliphatic heterocycles. The van der Waals surface area contributed by atoms with Crippen molar-refractivity contribution in [2.75, 3.05) is 0 Å². The van der Waals surface area contributed by atoms with Crippen LogP contribution in [0.3, 0.4) is 0 Å². The Labute approximate surface area is 59.8 Å². The van der Waals surface area contributed by atoms with Crippen molar-refractivity contribution in [3.63, 3.8) is 0 Å². The van der Waals surface area contributed by atoms with Crippen LogP contribution in [0, 0.1) is 17.8 Å². The molecule has 2 rings (SSSR count). The van der Waals surface area contributed by atoms with Crippen LogP contribution < -0.4 is 0 Å². The van der Waals surface area contributed by atoms with Crippen LogP contribution in [0.4, 0.5) is 0 Å². The van der Waals surface area contributed by atoms with Crippen molar-refractivity contribution in [3.8, 4) is 0 Å². The first-order valence-corrected chi connectivity index (χ1v) is 4.44. The zero-order chi connectivity index (χ0) is 6.27. The smallest absolute Gasteiger partial charge is 0.0225 e. The lowest BCUT2D eigenvalue weighted by molar-refractivity contribution is 0.493. The minimum absolute atomic E-state index is 0.924. The molecule has 0 amide bonds. The van der Waals surface area contributed by atoms with E-state index in [0.717, 1.165) is 17.8 Å². The molecule has 0 N–H and O–H groups in total. The average Bonchev–Trinajstić information content (AvgIpc) is 2.45. The van der Waals surface area contributed by atoms with Crippen molar-refractivity contribution in [1.82, 2.24) is 0 Å². The molecule has 0 spiro atoms. The lowest BCUT2D eigenvalue weighted by Gasteiger charge is -2.14. The molecule has 3 radical (unpaired) electrons. The Morgan fingerprint density at radius 3 is 2.56 bits per heavy atom. The molecule has 0 aromatic carbocycles. The summed E-state index contributed by atoms with van der Waals surface area (Å²) in [5.41, 5.74) is 0. The van der Waals surface area contributed by atoms with Crippen LogP contribution in [0.2, 0.25) is 6.04 Å². The van der Waals surface area contributed by atoms with Crippen LogP contribution >= 0.6 is 0 Å². The molecule has 2 aliphatic carbocycles. The van der Waals surface area contributed by atoms with E-state index in [2.05, 4.69) is 22.4 Å². The zero-order valence-electron chi connectivity index (χ0n) is 5.51. The second-order valence-corrected chi connectivity index (χ2v) is 3.65. The van der Waals surface area contributed by atoms with Gasteiger partial charge in [-0.1, -0.05) is 18.2 Å². The quantitative estimate of drug-likeness (QED) is 0.380. The van der Waals surface area contributed by atoms with Gasteiger partial charge in [0, 0.05) is 10.2 Å². The van der Waals surface area contributed by atoms with Gasteiger partial charge < -0.3 is 0 Å². The fraction of sp³-hybridized carbons (Fsp3) is 0.750. The van der Waals surface area contributed by atoms with Crippen LogP contribution in [0.15, 0.2) is 12.2 Å². The monoisotopic (exact) mass is 135 g/mol. The Hall–Kier alpha value is -0.0431. The van der Waals surface area contributed by atoms with Gasteiger partial charge in [0.25, 0.3) is 0 Å². The molecule has 3 unspecified atom stereocenters. The maximum Gasteiger partial charge on any atom is 0.0225 e. The number of hydrogen-bond donors (Lipinski definition) is 0. The van der Waals surface area contributed by atoms with Gasteiger partial charge >= 0.3 is 0 Å². The van der Waals surface area contributed by atoms with Crippen molar-refractivity contribution in [3.05, 3.63) is 12.2 Å². The van der Waals surface area contributed by atoms with Gasteiger partial charge in [-0.3, -0.25) is 0 Å². The Morgan fingerprint density at radius 2 is 2.22 bits per heavy atom. The summed E-state index contributed by atoms with van der Waals surface area (Å²) < 4.78 is 0. The van der Waals surface area contributed by atoms with Crippen LogP contribution in [-0.4, -0.2) is 10.2 Å². The van der Waals surface area contributed by atoms with E-state index in [9.17, 15) is 0 Å². The first-order chi connectivity index (χ1) is 4.40. The summed E-state index contributed by atoms with van der Waals surface area (Å²) in [5, 5.41) is 0. The summed E-state index contributed by atoms with van der Waals surface area (Å²) in [7, 11) is 3.59. The van der Waals surface area contributed by atoms with E-state index < -0.39 is 0 Å². The lowest BCUT2D eigenvalue weighted by atomic mass is 9.96. The van der Waals surface area contributed by atoms with Gasteiger partial charge in [-0.15, -0.1) is 0 Å². The third kappa shape index (κ3) is 0.786. The number of fused-ring (bicyclic) bond motifs is 2. The highest BCUT2D eigenvalue weighted by Gasteiger charge is 2.33. The molecule has 1 saturated carbocycles. The molecule has 47 valence electrons.